The van der Waals surface area contributed by atoms with Crippen LogP contribution < -0.4 is 20.4 Å². The van der Waals surface area contributed by atoms with E-state index in [2.05, 4.69) is 14.9 Å². The third kappa shape index (κ3) is 5.25. The molecule has 0 aliphatic carbocycles. The second-order valence-corrected chi connectivity index (χ2v) is 9.76. The molecule has 2 aliphatic heterocycles. The summed E-state index contributed by atoms with van der Waals surface area (Å²) in [6, 6.07) is 13.9. The number of aromatic nitrogens is 2. The van der Waals surface area contributed by atoms with Gasteiger partial charge >= 0.3 is 6.09 Å². The smallest absolute Gasteiger partial charge is 0.414 e. The van der Waals surface area contributed by atoms with E-state index in [0.29, 0.717) is 36.8 Å². The Morgan fingerprint density at radius 1 is 1.05 bits per heavy atom. The number of Topliss-reactive ketones (excluding diaryl/α,β-unsaturated/α-hetero) is 1. The minimum absolute atomic E-state index is 0.0119. The number of nitrogens with zero attached hydrogens (tertiary/aromatic N) is 5. The summed E-state index contributed by atoms with van der Waals surface area (Å²) in [6.07, 6.45) is 1.68. The molecule has 5 rings (SSSR count). The van der Waals surface area contributed by atoms with E-state index in [0.717, 1.165) is 5.69 Å². The number of ether oxygens (including phenoxy) is 1. The van der Waals surface area contributed by atoms with Crippen molar-refractivity contribution in [3.8, 4) is 11.1 Å². The molecule has 2 N–H and O–H groups in total. The molecule has 2 amide bonds. The highest BCUT2D eigenvalue weighted by atomic mass is 19.1. The van der Waals surface area contributed by atoms with Crippen LogP contribution in [0, 0.1) is 11.7 Å². The normalized spacial score (nSPS) is 20.1. The summed E-state index contributed by atoms with van der Waals surface area (Å²) >= 11 is 0. The highest BCUT2D eigenvalue weighted by Crippen LogP contribution is 2.31. The molecule has 2 aliphatic rings. The van der Waals surface area contributed by atoms with Gasteiger partial charge < -0.3 is 20.3 Å². The number of hydrogen-bond donors (Lipinski definition) is 1. The maximum Gasteiger partial charge on any atom is 0.414 e. The fraction of sp³-hybridized carbons (Fsp3) is 0.321. The molecule has 0 spiro atoms. The number of para-hydroxylation sites is 1. The lowest BCUT2D eigenvalue weighted by Gasteiger charge is -2.41. The number of hydrogen-bond acceptors (Lipinski definition) is 8. The zero-order chi connectivity index (χ0) is 27.7. The second kappa shape index (κ2) is 10.7. The molecule has 3 atom stereocenters. The van der Waals surface area contributed by atoms with E-state index in [-0.39, 0.29) is 17.9 Å². The molecule has 202 valence electrons. The highest BCUT2D eigenvalue weighted by molar-refractivity contribution is 5.91. The van der Waals surface area contributed by atoms with Gasteiger partial charge in [0.1, 0.15) is 18.0 Å². The molecule has 3 aromatic rings. The Kier molecular flexibility index (Phi) is 7.14. The Morgan fingerprint density at radius 2 is 1.77 bits per heavy atom. The number of ketones is 1. The minimum atomic E-state index is -0.702. The summed E-state index contributed by atoms with van der Waals surface area (Å²) in [5.74, 6) is -1.40. The summed E-state index contributed by atoms with van der Waals surface area (Å²) in [5, 5.41) is 0. The fourth-order valence-electron chi connectivity index (χ4n) is 4.90. The minimum Gasteiger partial charge on any atom is -0.443 e. The number of carbonyl (C=O) groups is 3. The van der Waals surface area contributed by atoms with Crippen LogP contribution in [0.25, 0.3) is 11.1 Å². The van der Waals surface area contributed by atoms with Crippen LogP contribution in [0.1, 0.15) is 13.8 Å². The highest BCUT2D eigenvalue weighted by Gasteiger charge is 2.38. The topological polar surface area (TPSA) is 122 Å². The molecule has 2 aromatic carbocycles. The fourth-order valence-corrected chi connectivity index (χ4v) is 4.90. The lowest BCUT2D eigenvalue weighted by atomic mass is 10.0. The number of amides is 2. The Bertz CT molecular complexity index is 1390. The summed E-state index contributed by atoms with van der Waals surface area (Å²) in [5.41, 5.74) is 7.39. The molecule has 3 unspecified atom stereocenters. The van der Waals surface area contributed by atoms with Gasteiger partial charge in [0.15, 0.2) is 5.78 Å². The first-order chi connectivity index (χ1) is 18.7. The number of halogens is 1. The number of piperazine rings is 1. The van der Waals surface area contributed by atoms with E-state index in [1.807, 2.05) is 35.2 Å². The van der Waals surface area contributed by atoms with Crippen molar-refractivity contribution in [3.05, 3.63) is 66.7 Å². The van der Waals surface area contributed by atoms with Gasteiger partial charge in [-0.3, -0.25) is 14.5 Å². The van der Waals surface area contributed by atoms with Crippen LogP contribution in [-0.2, 0) is 14.3 Å². The number of primary amides is 1. The van der Waals surface area contributed by atoms with E-state index >= 15 is 4.39 Å². The van der Waals surface area contributed by atoms with Crippen molar-refractivity contribution < 1.29 is 23.5 Å². The van der Waals surface area contributed by atoms with E-state index in [1.165, 1.54) is 29.4 Å². The molecule has 1 aromatic heterocycles. The first kappa shape index (κ1) is 26.1. The van der Waals surface area contributed by atoms with Crippen LogP contribution in [-0.4, -0.2) is 66.1 Å². The number of rotatable bonds is 7. The standard InChI is InChI=1S/C28H29FN6O4/c1-17(26(30)37)25-16-35(28(38)39-25)21-8-9-22(23(29)12-21)19-13-31-27(32-14-19)34-11-10-33(15-24(34)18(2)36)20-6-4-3-5-7-20/h3-9,12-14,17,24-25H,10-11,15-16H2,1-2H3,(H2,30,37). The maximum absolute atomic E-state index is 15.2. The summed E-state index contributed by atoms with van der Waals surface area (Å²) < 4.78 is 20.4. The van der Waals surface area contributed by atoms with Crippen LogP contribution >= 0.6 is 0 Å². The number of carbonyl (C=O) groups excluding carboxylic acids is 3. The van der Waals surface area contributed by atoms with Crippen LogP contribution in [0.3, 0.4) is 0 Å². The zero-order valence-electron chi connectivity index (χ0n) is 21.7. The predicted molar refractivity (Wildman–Crippen MR) is 144 cm³/mol. The molecular formula is C28H29FN6O4. The van der Waals surface area contributed by atoms with Gasteiger partial charge in [-0.25, -0.2) is 19.2 Å². The monoisotopic (exact) mass is 532 g/mol. The van der Waals surface area contributed by atoms with Gasteiger partial charge in [0.05, 0.1) is 18.2 Å². The van der Waals surface area contributed by atoms with Crippen LogP contribution in [0.15, 0.2) is 60.9 Å². The van der Waals surface area contributed by atoms with Crippen molar-refractivity contribution in [1.82, 2.24) is 9.97 Å². The molecule has 11 heteroatoms. The summed E-state index contributed by atoms with van der Waals surface area (Å²) in [4.78, 5) is 50.5. The summed E-state index contributed by atoms with van der Waals surface area (Å²) in [7, 11) is 0. The Labute approximate surface area is 225 Å². The lowest BCUT2D eigenvalue weighted by molar-refractivity contribution is -0.123. The number of anilines is 3. The van der Waals surface area contributed by atoms with E-state index in [4.69, 9.17) is 10.5 Å². The van der Waals surface area contributed by atoms with Crippen molar-refractivity contribution in [3.63, 3.8) is 0 Å². The first-order valence-corrected chi connectivity index (χ1v) is 12.7. The molecule has 0 radical (unpaired) electrons. The van der Waals surface area contributed by atoms with Gasteiger partial charge in [0.2, 0.25) is 11.9 Å². The van der Waals surface area contributed by atoms with Crippen molar-refractivity contribution in [2.24, 2.45) is 11.7 Å². The van der Waals surface area contributed by atoms with E-state index in [1.54, 1.807) is 19.9 Å². The van der Waals surface area contributed by atoms with Crippen molar-refractivity contribution in [2.45, 2.75) is 26.0 Å². The molecule has 0 bridgehead atoms. The molecule has 2 saturated heterocycles. The van der Waals surface area contributed by atoms with Gasteiger partial charge in [0, 0.05) is 48.8 Å². The molecule has 0 saturated carbocycles. The SMILES string of the molecule is CC(=O)C1CN(c2ccccc2)CCN1c1ncc(-c2ccc(N3CC(C(C)C(N)=O)OC3=O)cc2F)cn1. The zero-order valence-corrected chi connectivity index (χ0v) is 21.7. The van der Waals surface area contributed by atoms with Gasteiger partial charge in [-0.15, -0.1) is 0 Å². The first-order valence-electron chi connectivity index (χ1n) is 12.7. The van der Waals surface area contributed by atoms with Gasteiger partial charge in [-0.1, -0.05) is 18.2 Å². The maximum atomic E-state index is 15.2. The lowest BCUT2D eigenvalue weighted by Crippen LogP contribution is -2.56. The summed E-state index contributed by atoms with van der Waals surface area (Å²) in [6.45, 7) is 5.01. The molecule has 39 heavy (non-hydrogen) atoms. The Balaban J connectivity index is 1.31. The van der Waals surface area contributed by atoms with Crippen LogP contribution in [0.2, 0.25) is 0 Å². The van der Waals surface area contributed by atoms with E-state index < -0.39 is 35.9 Å². The quantitative estimate of drug-likeness (QED) is 0.493. The van der Waals surface area contributed by atoms with E-state index in [9.17, 15) is 14.4 Å². The third-order valence-corrected chi connectivity index (χ3v) is 7.28. The van der Waals surface area contributed by atoms with Crippen molar-refractivity contribution in [2.75, 3.05) is 40.9 Å². The molecule has 10 nitrogen and oxygen atoms in total. The van der Waals surface area contributed by atoms with Gasteiger partial charge in [-0.05, 0) is 44.2 Å². The van der Waals surface area contributed by atoms with Gasteiger partial charge in [0.25, 0.3) is 0 Å². The predicted octanol–water partition coefficient (Wildman–Crippen LogP) is 3.01. The molecule has 3 heterocycles. The molecular weight excluding hydrogens is 503 g/mol. The largest absolute Gasteiger partial charge is 0.443 e. The van der Waals surface area contributed by atoms with Crippen molar-refractivity contribution >= 4 is 35.1 Å². The Morgan fingerprint density at radius 3 is 2.41 bits per heavy atom. The van der Waals surface area contributed by atoms with Crippen molar-refractivity contribution in [1.29, 1.82) is 0 Å². The number of cyclic esters (lactones) is 1. The molecule has 2 fully saturated rings. The second-order valence-electron chi connectivity index (χ2n) is 9.76. The van der Waals surface area contributed by atoms with Gasteiger partial charge in [-0.2, -0.15) is 0 Å². The van der Waals surface area contributed by atoms with Crippen LogP contribution in [0.4, 0.5) is 26.5 Å². The van der Waals surface area contributed by atoms with Crippen LogP contribution in [0.5, 0.6) is 0 Å². The average molecular weight is 533 g/mol. The Hall–Kier alpha value is -4.54. The number of benzene rings is 2. The number of nitrogens with two attached hydrogens (primary N) is 1. The average Bonchev–Trinajstić information content (AvgIpc) is 3.34. The third-order valence-electron chi connectivity index (χ3n) is 7.28.